The molecule has 1 rings (SSSR count). The number of nitrogens with one attached hydrogen (secondary N) is 2. The first-order valence-corrected chi connectivity index (χ1v) is 5.33. The van der Waals surface area contributed by atoms with Gasteiger partial charge in [0.15, 0.2) is 0 Å². The van der Waals surface area contributed by atoms with Crippen molar-refractivity contribution in [3.8, 4) is 0 Å². The van der Waals surface area contributed by atoms with Crippen molar-refractivity contribution in [1.29, 1.82) is 0 Å². The molecule has 0 aromatic carbocycles. The van der Waals surface area contributed by atoms with Crippen molar-refractivity contribution in [2.24, 2.45) is 5.92 Å². The molecule has 3 nitrogen and oxygen atoms in total. The highest BCUT2D eigenvalue weighted by molar-refractivity contribution is 5.85. The van der Waals surface area contributed by atoms with Crippen molar-refractivity contribution in [2.45, 2.75) is 32.6 Å². The van der Waals surface area contributed by atoms with Crippen LogP contribution in [0.4, 0.5) is 0 Å². The molecule has 0 atom stereocenters. The molecule has 0 aromatic rings. The lowest BCUT2D eigenvalue weighted by atomic mass is 9.97. The fourth-order valence-corrected chi connectivity index (χ4v) is 1.62. The average molecular weight is 221 g/mol. The lowest BCUT2D eigenvalue weighted by Crippen LogP contribution is -2.38. The second-order valence-corrected chi connectivity index (χ2v) is 3.67. The molecule has 0 unspecified atom stereocenters. The zero-order valence-corrected chi connectivity index (χ0v) is 9.66. The van der Waals surface area contributed by atoms with Crippen molar-refractivity contribution in [3.05, 3.63) is 0 Å². The molecule has 0 saturated carbocycles. The van der Waals surface area contributed by atoms with Crippen molar-refractivity contribution < 1.29 is 4.79 Å². The fraction of sp³-hybridized carbons (Fsp3) is 0.900. The Kier molecular flexibility index (Phi) is 7.90. The first kappa shape index (κ1) is 13.7. The molecule has 14 heavy (non-hydrogen) atoms. The Labute approximate surface area is 92.4 Å². The van der Waals surface area contributed by atoms with Gasteiger partial charge in [-0.2, -0.15) is 0 Å². The van der Waals surface area contributed by atoms with Gasteiger partial charge >= 0.3 is 0 Å². The van der Waals surface area contributed by atoms with Gasteiger partial charge in [-0.1, -0.05) is 13.3 Å². The van der Waals surface area contributed by atoms with Crippen molar-refractivity contribution in [2.75, 3.05) is 19.6 Å². The third-order valence-corrected chi connectivity index (χ3v) is 2.54. The Morgan fingerprint density at radius 3 is 2.64 bits per heavy atom. The van der Waals surface area contributed by atoms with Gasteiger partial charge in [-0.3, -0.25) is 4.79 Å². The van der Waals surface area contributed by atoms with Crippen LogP contribution >= 0.6 is 12.4 Å². The monoisotopic (exact) mass is 220 g/mol. The van der Waals surface area contributed by atoms with Crippen LogP contribution in [0.2, 0.25) is 0 Å². The normalized spacial score (nSPS) is 17.2. The fourth-order valence-electron chi connectivity index (χ4n) is 1.62. The molecule has 1 aliphatic rings. The summed E-state index contributed by atoms with van der Waals surface area (Å²) in [6, 6.07) is 0. The summed E-state index contributed by atoms with van der Waals surface area (Å²) in [5.41, 5.74) is 0. The number of amides is 1. The van der Waals surface area contributed by atoms with Crippen molar-refractivity contribution in [1.82, 2.24) is 10.6 Å². The zero-order valence-electron chi connectivity index (χ0n) is 8.84. The molecule has 84 valence electrons. The van der Waals surface area contributed by atoms with Gasteiger partial charge in [0.25, 0.3) is 0 Å². The van der Waals surface area contributed by atoms with Crippen LogP contribution in [0.25, 0.3) is 0 Å². The molecule has 0 radical (unpaired) electrons. The van der Waals surface area contributed by atoms with E-state index in [1.54, 1.807) is 0 Å². The Bertz CT molecular complexity index is 158. The highest BCUT2D eigenvalue weighted by Gasteiger charge is 2.19. The number of halogens is 1. The van der Waals surface area contributed by atoms with Crippen molar-refractivity contribution >= 4 is 18.3 Å². The molecule has 1 heterocycles. The average Bonchev–Trinajstić information content (AvgIpc) is 2.19. The lowest BCUT2D eigenvalue weighted by molar-refractivity contribution is -0.125. The highest BCUT2D eigenvalue weighted by Crippen LogP contribution is 2.11. The Morgan fingerprint density at radius 2 is 2.07 bits per heavy atom. The molecule has 1 aliphatic heterocycles. The van der Waals surface area contributed by atoms with Crippen LogP contribution in [0.3, 0.4) is 0 Å². The molecule has 0 bridgehead atoms. The van der Waals surface area contributed by atoms with Gasteiger partial charge in [0.1, 0.15) is 0 Å². The largest absolute Gasteiger partial charge is 0.356 e. The van der Waals surface area contributed by atoms with Gasteiger partial charge in [0.2, 0.25) is 5.91 Å². The number of hydrogen-bond donors (Lipinski definition) is 2. The molecule has 1 fully saturated rings. The van der Waals surface area contributed by atoms with Crippen LogP contribution in [0.1, 0.15) is 32.6 Å². The summed E-state index contributed by atoms with van der Waals surface area (Å²) >= 11 is 0. The standard InChI is InChI=1S/C10H20N2O.ClH/c1-2-3-6-12-10(13)9-4-7-11-8-5-9;/h9,11H,2-8H2,1H3,(H,12,13);1H. The summed E-state index contributed by atoms with van der Waals surface area (Å²) in [7, 11) is 0. The Balaban J connectivity index is 0.00000169. The van der Waals surface area contributed by atoms with E-state index >= 15 is 0 Å². The van der Waals surface area contributed by atoms with E-state index in [2.05, 4.69) is 17.6 Å². The maximum atomic E-state index is 11.5. The summed E-state index contributed by atoms with van der Waals surface area (Å²) in [5, 5.41) is 6.24. The van der Waals surface area contributed by atoms with Gasteiger partial charge in [-0.15, -0.1) is 12.4 Å². The third kappa shape index (κ3) is 4.82. The van der Waals surface area contributed by atoms with Gasteiger partial charge in [0.05, 0.1) is 0 Å². The van der Waals surface area contributed by atoms with Crippen LogP contribution in [0, 0.1) is 5.92 Å². The molecule has 2 N–H and O–H groups in total. The van der Waals surface area contributed by atoms with Gasteiger partial charge in [-0.25, -0.2) is 0 Å². The summed E-state index contributed by atoms with van der Waals surface area (Å²) < 4.78 is 0. The second kappa shape index (κ2) is 8.06. The van der Waals surface area contributed by atoms with E-state index in [1.807, 2.05) is 0 Å². The van der Waals surface area contributed by atoms with E-state index in [1.165, 1.54) is 0 Å². The van der Waals surface area contributed by atoms with E-state index in [0.29, 0.717) is 0 Å². The smallest absolute Gasteiger partial charge is 0.223 e. The van der Waals surface area contributed by atoms with Crippen LogP contribution < -0.4 is 10.6 Å². The summed E-state index contributed by atoms with van der Waals surface area (Å²) in [6.45, 7) is 4.97. The quantitative estimate of drug-likeness (QED) is 0.702. The summed E-state index contributed by atoms with van der Waals surface area (Å²) in [4.78, 5) is 11.5. The Hall–Kier alpha value is -0.280. The second-order valence-electron chi connectivity index (χ2n) is 3.67. The topological polar surface area (TPSA) is 41.1 Å². The SMILES string of the molecule is CCCCNC(=O)C1CCNCC1.Cl. The third-order valence-electron chi connectivity index (χ3n) is 2.54. The van der Waals surface area contributed by atoms with Crippen LogP contribution in [-0.2, 0) is 4.79 Å². The maximum absolute atomic E-state index is 11.5. The summed E-state index contributed by atoms with van der Waals surface area (Å²) in [5.74, 6) is 0.521. The minimum atomic E-state index is 0. The number of rotatable bonds is 4. The molecule has 1 saturated heterocycles. The van der Waals surface area contributed by atoms with Gasteiger partial charge in [-0.05, 0) is 32.4 Å². The lowest BCUT2D eigenvalue weighted by Gasteiger charge is -2.21. The zero-order chi connectivity index (χ0) is 9.52. The number of hydrogen-bond acceptors (Lipinski definition) is 2. The minimum absolute atomic E-state index is 0. The number of carbonyl (C=O) groups is 1. The van der Waals surface area contributed by atoms with Crippen LogP contribution in [0.5, 0.6) is 0 Å². The van der Waals surface area contributed by atoms with E-state index in [9.17, 15) is 4.79 Å². The van der Waals surface area contributed by atoms with Crippen molar-refractivity contribution in [3.63, 3.8) is 0 Å². The van der Waals surface area contributed by atoms with E-state index in [-0.39, 0.29) is 24.2 Å². The minimum Gasteiger partial charge on any atom is -0.356 e. The van der Waals surface area contributed by atoms with Crippen LogP contribution in [-0.4, -0.2) is 25.5 Å². The van der Waals surface area contributed by atoms with Gasteiger partial charge < -0.3 is 10.6 Å². The molecule has 0 aromatic heterocycles. The molecular weight excluding hydrogens is 200 g/mol. The molecule has 0 aliphatic carbocycles. The van der Waals surface area contributed by atoms with E-state index < -0.39 is 0 Å². The predicted molar refractivity (Wildman–Crippen MR) is 60.8 cm³/mol. The number of unbranched alkanes of at least 4 members (excludes halogenated alkanes) is 1. The maximum Gasteiger partial charge on any atom is 0.223 e. The number of piperidine rings is 1. The molecule has 0 spiro atoms. The first-order valence-electron chi connectivity index (χ1n) is 5.33. The first-order chi connectivity index (χ1) is 6.34. The molecule has 1 amide bonds. The summed E-state index contributed by atoms with van der Waals surface area (Å²) in [6.07, 6.45) is 4.24. The van der Waals surface area contributed by atoms with Gasteiger partial charge in [0, 0.05) is 12.5 Å². The Morgan fingerprint density at radius 1 is 1.43 bits per heavy atom. The van der Waals surface area contributed by atoms with Crippen LogP contribution in [0.15, 0.2) is 0 Å². The molecular formula is C10H21ClN2O. The molecule has 4 heteroatoms. The van der Waals surface area contributed by atoms with E-state index in [0.717, 1.165) is 45.3 Å². The highest BCUT2D eigenvalue weighted by atomic mass is 35.5. The predicted octanol–water partition coefficient (Wildman–Crippen LogP) is 1.32. The number of carbonyl (C=O) groups excluding carboxylic acids is 1. The van der Waals surface area contributed by atoms with E-state index in [4.69, 9.17) is 0 Å².